The Morgan fingerprint density at radius 2 is 2.18 bits per heavy atom. The number of aliphatic hydroxyl groups is 1. The fourth-order valence-corrected chi connectivity index (χ4v) is 3.18. The number of pyridine rings is 1. The lowest BCUT2D eigenvalue weighted by Gasteiger charge is -2.34. The van der Waals surface area contributed by atoms with Gasteiger partial charge in [-0.2, -0.15) is 0 Å². The lowest BCUT2D eigenvalue weighted by molar-refractivity contribution is 0.0445. The quantitative estimate of drug-likeness (QED) is 0.864. The normalized spacial score (nSPS) is 26.8. The van der Waals surface area contributed by atoms with E-state index in [2.05, 4.69) is 18.8 Å². The fourth-order valence-electron chi connectivity index (χ4n) is 3.18. The average Bonchev–Trinajstić information content (AvgIpc) is 2.38. The second-order valence-electron chi connectivity index (χ2n) is 5.29. The second-order valence-corrected chi connectivity index (χ2v) is 5.29. The summed E-state index contributed by atoms with van der Waals surface area (Å²) in [5.74, 6) is 1.11. The van der Waals surface area contributed by atoms with Crippen LogP contribution >= 0.6 is 0 Å². The molecule has 1 heterocycles. The van der Waals surface area contributed by atoms with Gasteiger partial charge in [-0.15, -0.1) is 0 Å². The van der Waals surface area contributed by atoms with Crippen LogP contribution in [0, 0.1) is 18.8 Å². The Morgan fingerprint density at radius 1 is 1.41 bits per heavy atom. The van der Waals surface area contributed by atoms with Gasteiger partial charge in [-0.05, 0) is 36.8 Å². The number of rotatable bonds is 3. The molecule has 0 amide bonds. The van der Waals surface area contributed by atoms with Gasteiger partial charge in [0.2, 0.25) is 0 Å². The van der Waals surface area contributed by atoms with E-state index in [1.54, 1.807) is 6.20 Å². The average molecular weight is 233 g/mol. The van der Waals surface area contributed by atoms with Gasteiger partial charge in [0, 0.05) is 18.0 Å². The Bertz CT molecular complexity index is 364. The van der Waals surface area contributed by atoms with Gasteiger partial charge in [0.25, 0.3) is 0 Å². The van der Waals surface area contributed by atoms with Gasteiger partial charge in [0.15, 0.2) is 0 Å². The van der Waals surface area contributed by atoms with Crippen LogP contribution in [0.25, 0.3) is 0 Å². The number of aliphatic hydroxyl groups excluding tert-OH is 1. The minimum atomic E-state index is -0.325. The summed E-state index contributed by atoms with van der Waals surface area (Å²) in [5.41, 5.74) is 2.19. The van der Waals surface area contributed by atoms with Crippen LogP contribution in [-0.2, 0) is 0 Å². The molecule has 3 atom stereocenters. The smallest absolute Gasteiger partial charge is 0.0838 e. The van der Waals surface area contributed by atoms with Crippen molar-refractivity contribution in [3.8, 4) is 0 Å². The van der Waals surface area contributed by atoms with Crippen LogP contribution in [0.4, 0.5) is 0 Å². The lowest BCUT2D eigenvalue weighted by Crippen LogP contribution is -2.25. The molecule has 0 aliphatic heterocycles. The molecule has 0 bridgehead atoms. The molecule has 1 saturated carbocycles. The highest BCUT2D eigenvalue weighted by Crippen LogP contribution is 2.40. The molecule has 2 nitrogen and oxygen atoms in total. The maximum absolute atomic E-state index is 10.6. The summed E-state index contributed by atoms with van der Waals surface area (Å²) in [4.78, 5) is 4.15. The van der Waals surface area contributed by atoms with E-state index < -0.39 is 0 Å². The monoisotopic (exact) mass is 233 g/mol. The van der Waals surface area contributed by atoms with Crippen molar-refractivity contribution in [1.82, 2.24) is 4.98 Å². The Labute approximate surface area is 104 Å². The van der Waals surface area contributed by atoms with Crippen LogP contribution in [0.1, 0.15) is 56.3 Å². The van der Waals surface area contributed by atoms with E-state index in [9.17, 15) is 5.11 Å². The van der Waals surface area contributed by atoms with E-state index in [0.717, 1.165) is 17.5 Å². The topological polar surface area (TPSA) is 33.1 Å². The summed E-state index contributed by atoms with van der Waals surface area (Å²) >= 11 is 0. The second kappa shape index (κ2) is 5.63. The van der Waals surface area contributed by atoms with Crippen molar-refractivity contribution in [1.29, 1.82) is 0 Å². The third kappa shape index (κ3) is 2.68. The Balaban J connectivity index is 2.18. The molecule has 1 aliphatic carbocycles. The molecule has 17 heavy (non-hydrogen) atoms. The summed E-state index contributed by atoms with van der Waals surface area (Å²) in [5, 5.41) is 10.6. The maximum atomic E-state index is 10.6. The van der Waals surface area contributed by atoms with Crippen LogP contribution in [0.5, 0.6) is 0 Å². The fraction of sp³-hybridized carbons (Fsp3) is 0.667. The third-order valence-corrected chi connectivity index (χ3v) is 4.30. The van der Waals surface area contributed by atoms with E-state index in [-0.39, 0.29) is 6.10 Å². The molecule has 0 saturated heterocycles. The molecule has 3 unspecified atom stereocenters. The molecule has 1 fully saturated rings. The van der Waals surface area contributed by atoms with Gasteiger partial charge in [-0.1, -0.05) is 32.6 Å². The predicted molar refractivity (Wildman–Crippen MR) is 69.7 cm³/mol. The number of hydrogen-bond acceptors (Lipinski definition) is 2. The van der Waals surface area contributed by atoms with Crippen molar-refractivity contribution in [2.45, 2.75) is 52.1 Å². The van der Waals surface area contributed by atoms with Gasteiger partial charge in [-0.3, -0.25) is 4.98 Å². The molecule has 2 heteroatoms. The SMILES string of the molecule is CCC1CCCCC1C(O)c1cnccc1C. The molecular formula is C15H23NO. The highest BCUT2D eigenvalue weighted by molar-refractivity contribution is 5.24. The highest BCUT2D eigenvalue weighted by atomic mass is 16.3. The van der Waals surface area contributed by atoms with Crippen LogP contribution < -0.4 is 0 Å². The Hall–Kier alpha value is -0.890. The molecule has 1 aliphatic rings. The zero-order valence-electron chi connectivity index (χ0n) is 10.9. The molecule has 0 spiro atoms. The highest BCUT2D eigenvalue weighted by Gasteiger charge is 2.31. The largest absolute Gasteiger partial charge is 0.388 e. The number of aromatic nitrogens is 1. The van der Waals surface area contributed by atoms with Gasteiger partial charge in [0.05, 0.1) is 6.10 Å². The summed E-state index contributed by atoms with van der Waals surface area (Å²) in [7, 11) is 0. The van der Waals surface area contributed by atoms with Gasteiger partial charge in [0.1, 0.15) is 0 Å². The number of nitrogens with zero attached hydrogens (tertiary/aromatic N) is 1. The van der Waals surface area contributed by atoms with E-state index >= 15 is 0 Å². The summed E-state index contributed by atoms with van der Waals surface area (Å²) < 4.78 is 0. The van der Waals surface area contributed by atoms with Crippen molar-refractivity contribution >= 4 is 0 Å². The first-order chi connectivity index (χ1) is 8.24. The van der Waals surface area contributed by atoms with E-state index in [4.69, 9.17) is 0 Å². The molecule has 2 rings (SSSR count). The molecular weight excluding hydrogens is 210 g/mol. The van der Waals surface area contributed by atoms with Crippen molar-refractivity contribution in [3.05, 3.63) is 29.6 Å². The molecule has 0 aromatic carbocycles. The Kier molecular flexibility index (Phi) is 4.16. The van der Waals surface area contributed by atoms with Crippen molar-refractivity contribution in [2.75, 3.05) is 0 Å². The minimum Gasteiger partial charge on any atom is -0.388 e. The molecule has 1 N–H and O–H groups in total. The number of aryl methyl sites for hydroxylation is 1. The first-order valence-electron chi connectivity index (χ1n) is 6.82. The predicted octanol–water partition coefficient (Wildman–Crippen LogP) is 3.64. The van der Waals surface area contributed by atoms with Crippen molar-refractivity contribution in [2.24, 2.45) is 11.8 Å². The van der Waals surface area contributed by atoms with Gasteiger partial charge >= 0.3 is 0 Å². The van der Waals surface area contributed by atoms with Crippen molar-refractivity contribution in [3.63, 3.8) is 0 Å². The first kappa shape index (κ1) is 12.6. The molecule has 0 radical (unpaired) electrons. The molecule has 1 aromatic heterocycles. The first-order valence-corrected chi connectivity index (χ1v) is 6.82. The molecule has 1 aromatic rings. The summed E-state index contributed by atoms with van der Waals surface area (Å²) in [6.45, 7) is 4.30. The Morgan fingerprint density at radius 3 is 2.88 bits per heavy atom. The minimum absolute atomic E-state index is 0.325. The number of hydrogen-bond donors (Lipinski definition) is 1. The van der Waals surface area contributed by atoms with Crippen molar-refractivity contribution < 1.29 is 5.11 Å². The van der Waals surface area contributed by atoms with Crippen LogP contribution in [0.15, 0.2) is 18.5 Å². The molecule has 94 valence electrons. The third-order valence-electron chi connectivity index (χ3n) is 4.30. The van der Waals surface area contributed by atoms with Crippen LogP contribution in [0.2, 0.25) is 0 Å². The standard InChI is InChI=1S/C15H23NO/c1-3-12-6-4-5-7-13(12)15(17)14-10-16-9-8-11(14)2/h8-10,12-13,15,17H,3-7H2,1-2H3. The van der Waals surface area contributed by atoms with Crippen LogP contribution in [0.3, 0.4) is 0 Å². The van der Waals surface area contributed by atoms with Gasteiger partial charge < -0.3 is 5.11 Å². The maximum Gasteiger partial charge on any atom is 0.0838 e. The lowest BCUT2D eigenvalue weighted by atomic mass is 9.73. The zero-order chi connectivity index (χ0) is 12.3. The van der Waals surface area contributed by atoms with Crippen LogP contribution in [-0.4, -0.2) is 10.1 Å². The summed E-state index contributed by atoms with van der Waals surface area (Å²) in [6, 6.07) is 1.99. The zero-order valence-corrected chi connectivity index (χ0v) is 10.9. The van der Waals surface area contributed by atoms with E-state index in [1.807, 2.05) is 12.3 Å². The van der Waals surface area contributed by atoms with E-state index in [1.165, 1.54) is 25.7 Å². The van der Waals surface area contributed by atoms with E-state index in [0.29, 0.717) is 11.8 Å². The van der Waals surface area contributed by atoms with Gasteiger partial charge in [-0.25, -0.2) is 0 Å². The summed E-state index contributed by atoms with van der Waals surface area (Å²) in [6.07, 6.45) is 9.51.